The van der Waals surface area contributed by atoms with Crippen LogP contribution in [0.25, 0.3) is 6.08 Å². The van der Waals surface area contributed by atoms with Gasteiger partial charge < -0.3 is 4.74 Å². The Labute approximate surface area is 139 Å². The summed E-state index contributed by atoms with van der Waals surface area (Å²) in [7, 11) is 0. The molecule has 0 fully saturated rings. The van der Waals surface area contributed by atoms with Crippen molar-refractivity contribution in [1.29, 1.82) is 5.26 Å². The molecule has 0 saturated carbocycles. The first kappa shape index (κ1) is 17.5. The molecule has 2 rings (SSSR count). The van der Waals surface area contributed by atoms with Crippen molar-refractivity contribution in [3.05, 3.63) is 47.0 Å². The Morgan fingerprint density at radius 2 is 2.08 bits per heavy atom. The average molecular weight is 353 g/mol. The number of benzene rings is 1. The summed E-state index contributed by atoms with van der Waals surface area (Å²) in [6.45, 7) is -0.0642. The van der Waals surface area contributed by atoms with Crippen molar-refractivity contribution in [2.24, 2.45) is 0 Å². The molecule has 0 aliphatic heterocycles. The summed E-state index contributed by atoms with van der Waals surface area (Å²) in [5.74, 6) is -0.0801. The molecule has 0 aliphatic rings. The molecular formula is C15H10F3N3O2S. The highest BCUT2D eigenvalue weighted by atomic mass is 32.1. The van der Waals surface area contributed by atoms with E-state index < -0.39 is 17.8 Å². The summed E-state index contributed by atoms with van der Waals surface area (Å²) in [6.07, 6.45) is -1.87. The van der Waals surface area contributed by atoms with Gasteiger partial charge in [0.25, 0.3) is 0 Å². The van der Waals surface area contributed by atoms with E-state index in [-0.39, 0.29) is 11.7 Å². The fourth-order valence-electron chi connectivity index (χ4n) is 1.57. The third-order valence-electron chi connectivity index (χ3n) is 2.64. The second-order valence-corrected chi connectivity index (χ2v) is 5.23. The topological polar surface area (TPSA) is 75.0 Å². The molecule has 5 nitrogen and oxygen atoms in total. The maximum absolute atomic E-state index is 12.4. The number of halogens is 3. The zero-order valence-corrected chi connectivity index (χ0v) is 12.8. The number of nitriles is 1. The van der Waals surface area contributed by atoms with Crippen LogP contribution < -0.4 is 10.1 Å². The lowest BCUT2D eigenvalue weighted by molar-refractivity contribution is -0.140. The van der Waals surface area contributed by atoms with Crippen LogP contribution in [0.5, 0.6) is 5.75 Å². The molecule has 0 saturated heterocycles. The highest BCUT2D eigenvalue weighted by Gasteiger charge is 2.33. The summed E-state index contributed by atoms with van der Waals surface area (Å²) in [6, 6.07) is 8.44. The molecule has 0 aliphatic carbocycles. The van der Waals surface area contributed by atoms with Gasteiger partial charge in [-0.3, -0.25) is 10.1 Å². The van der Waals surface area contributed by atoms with Gasteiger partial charge in [0, 0.05) is 11.5 Å². The first-order valence-electron chi connectivity index (χ1n) is 6.50. The summed E-state index contributed by atoms with van der Waals surface area (Å²) in [5, 5.41) is 11.4. The maximum atomic E-state index is 12.4. The number of amides is 1. The SMILES string of the molecule is N#CCOc1ccc(/C=C/C(=O)Nc2nc(C(F)(F)F)cs2)cc1. The van der Waals surface area contributed by atoms with Gasteiger partial charge in [-0.15, -0.1) is 11.3 Å². The Bertz CT molecular complexity index is 776. The van der Waals surface area contributed by atoms with Crippen LogP contribution >= 0.6 is 11.3 Å². The molecule has 0 atom stereocenters. The van der Waals surface area contributed by atoms with Crippen LogP contribution in [0.1, 0.15) is 11.3 Å². The number of ether oxygens (including phenoxy) is 1. The molecule has 0 spiro atoms. The molecule has 9 heteroatoms. The number of aromatic nitrogens is 1. The van der Waals surface area contributed by atoms with Crippen molar-refractivity contribution in [3.8, 4) is 11.8 Å². The molecule has 0 radical (unpaired) electrons. The van der Waals surface area contributed by atoms with Gasteiger partial charge in [0.05, 0.1) is 0 Å². The molecule has 2 aromatic rings. The van der Waals surface area contributed by atoms with Crippen LogP contribution in [0.4, 0.5) is 18.3 Å². The lowest BCUT2D eigenvalue weighted by Crippen LogP contribution is -2.09. The van der Waals surface area contributed by atoms with Gasteiger partial charge in [-0.05, 0) is 23.8 Å². The lowest BCUT2D eigenvalue weighted by Gasteiger charge is -2.01. The van der Waals surface area contributed by atoms with E-state index in [0.29, 0.717) is 22.6 Å². The number of alkyl halides is 3. The Kier molecular flexibility index (Phi) is 5.55. The average Bonchev–Trinajstić information content (AvgIpc) is 3.00. The third-order valence-corrected chi connectivity index (χ3v) is 3.39. The minimum atomic E-state index is -4.54. The Hall–Kier alpha value is -2.86. The Balaban J connectivity index is 1.93. The van der Waals surface area contributed by atoms with E-state index in [1.54, 1.807) is 24.3 Å². The largest absolute Gasteiger partial charge is 0.479 e. The lowest BCUT2D eigenvalue weighted by atomic mass is 10.2. The molecule has 1 aromatic heterocycles. The number of carbonyl (C=O) groups is 1. The molecule has 0 bridgehead atoms. The van der Waals surface area contributed by atoms with Crippen molar-refractivity contribution in [2.75, 3.05) is 11.9 Å². The highest BCUT2D eigenvalue weighted by Crippen LogP contribution is 2.31. The van der Waals surface area contributed by atoms with Crippen molar-refractivity contribution in [1.82, 2.24) is 4.98 Å². The van der Waals surface area contributed by atoms with Crippen LogP contribution in [-0.4, -0.2) is 17.5 Å². The number of hydrogen-bond donors (Lipinski definition) is 1. The molecule has 24 heavy (non-hydrogen) atoms. The van der Waals surface area contributed by atoms with Gasteiger partial charge in [0.15, 0.2) is 17.4 Å². The van der Waals surface area contributed by atoms with Crippen LogP contribution in [0.3, 0.4) is 0 Å². The van der Waals surface area contributed by atoms with E-state index >= 15 is 0 Å². The van der Waals surface area contributed by atoms with Crippen molar-refractivity contribution < 1.29 is 22.7 Å². The third kappa shape index (κ3) is 5.10. The molecule has 1 aromatic carbocycles. The van der Waals surface area contributed by atoms with E-state index in [1.165, 1.54) is 12.2 Å². The monoisotopic (exact) mass is 353 g/mol. The standard InChI is InChI=1S/C15H10F3N3O2S/c16-15(17,18)12-9-24-14(20-12)21-13(22)6-3-10-1-4-11(5-2-10)23-8-7-19/h1-6,9H,8H2,(H,20,21,22)/b6-3+. The van der Waals surface area contributed by atoms with Crippen LogP contribution in [0.15, 0.2) is 35.7 Å². The highest BCUT2D eigenvalue weighted by molar-refractivity contribution is 7.14. The van der Waals surface area contributed by atoms with Gasteiger partial charge in [0.2, 0.25) is 5.91 Å². The minimum Gasteiger partial charge on any atom is -0.479 e. The number of rotatable bonds is 5. The van der Waals surface area contributed by atoms with Gasteiger partial charge in [-0.25, -0.2) is 4.98 Å². The van der Waals surface area contributed by atoms with E-state index in [2.05, 4.69) is 10.3 Å². The van der Waals surface area contributed by atoms with Gasteiger partial charge in [0.1, 0.15) is 11.8 Å². The van der Waals surface area contributed by atoms with Crippen molar-refractivity contribution in [2.45, 2.75) is 6.18 Å². The first-order valence-corrected chi connectivity index (χ1v) is 7.38. The number of thiazole rings is 1. The Morgan fingerprint density at radius 1 is 1.38 bits per heavy atom. The van der Waals surface area contributed by atoms with Crippen molar-refractivity contribution in [3.63, 3.8) is 0 Å². The van der Waals surface area contributed by atoms with Gasteiger partial charge in [-0.1, -0.05) is 12.1 Å². The Morgan fingerprint density at radius 3 is 2.67 bits per heavy atom. The van der Waals surface area contributed by atoms with E-state index in [1.807, 2.05) is 6.07 Å². The smallest absolute Gasteiger partial charge is 0.434 e. The predicted molar refractivity (Wildman–Crippen MR) is 82.3 cm³/mol. The minimum absolute atomic E-state index is 0.0642. The van der Waals surface area contributed by atoms with Crippen LogP contribution in [0.2, 0.25) is 0 Å². The first-order chi connectivity index (χ1) is 11.4. The van der Waals surface area contributed by atoms with Crippen LogP contribution in [0, 0.1) is 11.3 Å². The maximum Gasteiger partial charge on any atom is 0.434 e. The number of hydrogen-bond acceptors (Lipinski definition) is 5. The van der Waals surface area contributed by atoms with Crippen LogP contribution in [-0.2, 0) is 11.0 Å². The number of anilines is 1. The molecule has 1 amide bonds. The number of nitrogens with zero attached hydrogens (tertiary/aromatic N) is 2. The zero-order valence-electron chi connectivity index (χ0n) is 12.0. The normalized spacial score (nSPS) is 11.2. The molecule has 124 valence electrons. The number of nitrogens with one attached hydrogen (secondary N) is 1. The van der Waals surface area contributed by atoms with Gasteiger partial charge >= 0.3 is 6.18 Å². The van der Waals surface area contributed by atoms with Gasteiger partial charge in [-0.2, -0.15) is 18.4 Å². The predicted octanol–water partition coefficient (Wildman–Crippen LogP) is 3.72. The second-order valence-electron chi connectivity index (χ2n) is 4.37. The quantitative estimate of drug-likeness (QED) is 0.832. The molecule has 0 unspecified atom stereocenters. The molecule has 1 heterocycles. The molecular weight excluding hydrogens is 343 g/mol. The van der Waals surface area contributed by atoms with E-state index in [4.69, 9.17) is 10.00 Å². The van der Waals surface area contributed by atoms with Crippen molar-refractivity contribution >= 4 is 28.5 Å². The summed E-state index contributed by atoms with van der Waals surface area (Å²) in [5.41, 5.74) is -0.357. The second kappa shape index (κ2) is 7.61. The zero-order chi connectivity index (χ0) is 17.6. The summed E-state index contributed by atoms with van der Waals surface area (Å²) >= 11 is 0.696. The summed E-state index contributed by atoms with van der Waals surface area (Å²) < 4.78 is 42.3. The number of carbonyl (C=O) groups excluding carboxylic acids is 1. The molecule has 1 N–H and O–H groups in total. The van der Waals surface area contributed by atoms with E-state index in [0.717, 1.165) is 5.38 Å². The fraction of sp³-hybridized carbons (Fsp3) is 0.133. The fourth-order valence-corrected chi connectivity index (χ4v) is 2.29. The van der Waals surface area contributed by atoms with E-state index in [9.17, 15) is 18.0 Å². The summed E-state index contributed by atoms with van der Waals surface area (Å²) in [4.78, 5) is 15.0.